The smallest absolute Gasteiger partial charge is 0.120 e. The first kappa shape index (κ1) is 14.9. The van der Waals surface area contributed by atoms with Crippen LogP contribution in [0.3, 0.4) is 0 Å². The molecule has 3 rings (SSSR count). The number of aromatic nitrogens is 1. The second-order valence-corrected chi connectivity index (χ2v) is 5.73. The number of aryl methyl sites for hydroxylation is 1. The molecule has 2 heterocycles. The second kappa shape index (κ2) is 6.79. The summed E-state index contributed by atoms with van der Waals surface area (Å²) in [5.41, 5.74) is 3.71. The van der Waals surface area contributed by atoms with Gasteiger partial charge in [-0.05, 0) is 30.7 Å². The Labute approximate surface area is 132 Å². The molecule has 0 bridgehead atoms. The second-order valence-electron chi connectivity index (χ2n) is 5.73. The van der Waals surface area contributed by atoms with Gasteiger partial charge in [-0.2, -0.15) is 0 Å². The first-order valence-electron chi connectivity index (χ1n) is 7.78. The molecule has 0 unspecified atom stereocenters. The lowest BCUT2D eigenvalue weighted by Crippen LogP contribution is -2.46. The van der Waals surface area contributed by atoms with E-state index in [4.69, 9.17) is 4.74 Å². The normalized spacial score (nSPS) is 15.8. The maximum Gasteiger partial charge on any atom is 0.120 e. The third-order valence-electron chi connectivity index (χ3n) is 4.28. The number of rotatable bonds is 4. The zero-order valence-electron chi connectivity index (χ0n) is 13.3. The first-order chi connectivity index (χ1) is 10.8. The zero-order chi connectivity index (χ0) is 15.4. The Bertz CT molecular complexity index is 621. The summed E-state index contributed by atoms with van der Waals surface area (Å²) in [6.45, 7) is 7.28. The highest BCUT2D eigenvalue weighted by atomic mass is 16.5. The standard InChI is InChI=1S/C18H23N3O/c1-15-5-4-8-19-18(15)14-20-9-11-21(12-10-20)16-6-3-7-17(13-16)22-2/h3-8,13H,9-12,14H2,1-2H3. The lowest BCUT2D eigenvalue weighted by Gasteiger charge is -2.36. The number of nitrogens with zero attached hydrogens (tertiary/aromatic N) is 3. The van der Waals surface area contributed by atoms with Crippen molar-refractivity contribution >= 4 is 5.69 Å². The summed E-state index contributed by atoms with van der Waals surface area (Å²) in [4.78, 5) is 9.40. The van der Waals surface area contributed by atoms with Gasteiger partial charge in [0.25, 0.3) is 0 Å². The number of hydrogen-bond acceptors (Lipinski definition) is 4. The van der Waals surface area contributed by atoms with E-state index >= 15 is 0 Å². The van der Waals surface area contributed by atoms with Crippen LogP contribution in [-0.2, 0) is 6.54 Å². The number of hydrogen-bond donors (Lipinski definition) is 0. The average Bonchev–Trinajstić information content (AvgIpc) is 2.58. The van der Waals surface area contributed by atoms with Gasteiger partial charge in [0, 0.05) is 50.7 Å². The van der Waals surface area contributed by atoms with Crippen LogP contribution >= 0.6 is 0 Å². The predicted molar refractivity (Wildman–Crippen MR) is 89.5 cm³/mol. The van der Waals surface area contributed by atoms with Gasteiger partial charge in [0.2, 0.25) is 0 Å². The van der Waals surface area contributed by atoms with E-state index in [1.54, 1.807) is 7.11 Å². The van der Waals surface area contributed by atoms with Crippen LogP contribution in [0.4, 0.5) is 5.69 Å². The highest BCUT2D eigenvalue weighted by Crippen LogP contribution is 2.22. The van der Waals surface area contributed by atoms with Gasteiger partial charge in [-0.1, -0.05) is 12.1 Å². The minimum atomic E-state index is 0.920. The van der Waals surface area contributed by atoms with E-state index in [1.165, 1.54) is 16.9 Å². The van der Waals surface area contributed by atoms with E-state index in [0.717, 1.165) is 38.5 Å². The molecule has 0 saturated carbocycles. The molecule has 0 aliphatic carbocycles. The molecule has 116 valence electrons. The topological polar surface area (TPSA) is 28.6 Å². The summed E-state index contributed by atoms with van der Waals surface area (Å²) in [6, 6.07) is 12.4. The molecule has 4 heteroatoms. The SMILES string of the molecule is COc1cccc(N2CCN(Cc3ncccc3C)CC2)c1. The van der Waals surface area contributed by atoms with Crippen LogP contribution in [0.25, 0.3) is 0 Å². The molecular formula is C18H23N3O. The summed E-state index contributed by atoms with van der Waals surface area (Å²) < 4.78 is 5.31. The molecule has 1 aliphatic rings. The predicted octanol–water partition coefficient (Wildman–Crippen LogP) is 2.72. The van der Waals surface area contributed by atoms with E-state index in [2.05, 4.69) is 46.0 Å². The van der Waals surface area contributed by atoms with Crippen LogP contribution < -0.4 is 9.64 Å². The minimum Gasteiger partial charge on any atom is -0.497 e. The van der Waals surface area contributed by atoms with E-state index < -0.39 is 0 Å². The van der Waals surface area contributed by atoms with Crippen molar-refractivity contribution in [1.82, 2.24) is 9.88 Å². The molecule has 0 N–H and O–H groups in total. The number of benzene rings is 1. The lowest BCUT2D eigenvalue weighted by atomic mass is 10.2. The Morgan fingerprint density at radius 3 is 2.64 bits per heavy atom. The van der Waals surface area contributed by atoms with Crippen LogP contribution in [0.2, 0.25) is 0 Å². The van der Waals surface area contributed by atoms with E-state index in [0.29, 0.717) is 0 Å². The third kappa shape index (κ3) is 3.39. The fraction of sp³-hybridized carbons (Fsp3) is 0.389. The van der Waals surface area contributed by atoms with Crippen molar-refractivity contribution in [2.24, 2.45) is 0 Å². The van der Waals surface area contributed by atoms with Gasteiger partial charge in [-0.25, -0.2) is 0 Å². The van der Waals surface area contributed by atoms with Gasteiger partial charge >= 0.3 is 0 Å². The van der Waals surface area contributed by atoms with Gasteiger partial charge in [0.1, 0.15) is 5.75 Å². The molecule has 0 atom stereocenters. The Hall–Kier alpha value is -2.07. The highest BCUT2D eigenvalue weighted by Gasteiger charge is 2.18. The number of anilines is 1. The van der Waals surface area contributed by atoms with Gasteiger partial charge in [0.15, 0.2) is 0 Å². The van der Waals surface area contributed by atoms with E-state index in [-0.39, 0.29) is 0 Å². The summed E-state index contributed by atoms with van der Waals surface area (Å²) in [5.74, 6) is 0.920. The van der Waals surface area contributed by atoms with Crippen LogP contribution in [0.15, 0.2) is 42.6 Å². The van der Waals surface area contributed by atoms with Crippen molar-refractivity contribution in [3.63, 3.8) is 0 Å². The monoisotopic (exact) mass is 297 g/mol. The van der Waals surface area contributed by atoms with E-state index in [1.807, 2.05) is 18.3 Å². The summed E-state index contributed by atoms with van der Waals surface area (Å²) in [7, 11) is 1.71. The number of pyridine rings is 1. The van der Waals surface area contributed by atoms with Gasteiger partial charge < -0.3 is 9.64 Å². The molecule has 1 saturated heterocycles. The molecule has 1 fully saturated rings. The van der Waals surface area contributed by atoms with Gasteiger partial charge in [-0.15, -0.1) is 0 Å². The summed E-state index contributed by atoms with van der Waals surface area (Å²) in [5, 5.41) is 0. The van der Waals surface area contributed by atoms with Gasteiger partial charge in [-0.3, -0.25) is 9.88 Å². The molecule has 0 amide bonds. The Morgan fingerprint density at radius 2 is 1.91 bits per heavy atom. The molecular weight excluding hydrogens is 274 g/mol. The molecule has 4 nitrogen and oxygen atoms in total. The molecule has 0 radical (unpaired) electrons. The van der Waals surface area contributed by atoms with Crippen molar-refractivity contribution in [2.75, 3.05) is 38.2 Å². The largest absolute Gasteiger partial charge is 0.497 e. The maximum absolute atomic E-state index is 5.31. The van der Waals surface area contributed by atoms with Crippen LogP contribution in [0.5, 0.6) is 5.75 Å². The van der Waals surface area contributed by atoms with E-state index in [9.17, 15) is 0 Å². The number of methoxy groups -OCH3 is 1. The third-order valence-corrected chi connectivity index (χ3v) is 4.28. The van der Waals surface area contributed by atoms with Gasteiger partial charge in [0.05, 0.1) is 12.8 Å². The minimum absolute atomic E-state index is 0.920. The number of piperazine rings is 1. The molecule has 1 aromatic heterocycles. The fourth-order valence-electron chi connectivity index (χ4n) is 2.87. The number of ether oxygens (including phenoxy) is 1. The quantitative estimate of drug-likeness (QED) is 0.867. The average molecular weight is 297 g/mol. The van der Waals surface area contributed by atoms with Crippen molar-refractivity contribution < 1.29 is 4.74 Å². The highest BCUT2D eigenvalue weighted by molar-refractivity contribution is 5.51. The van der Waals surface area contributed by atoms with Crippen molar-refractivity contribution in [1.29, 1.82) is 0 Å². The fourth-order valence-corrected chi connectivity index (χ4v) is 2.87. The molecule has 1 aliphatic heterocycles. The van der Waals surface area contributed by atoms with Crippen molar-refractivity contribution in [2.45, 2.75) is 13.5 Å². The van der Waals surface area contributed by atoms with Crippen LogP contribution in [0.1, 0.15) is 11.3 Å². The summed E-state index contributed by atoms with van der Waals surface area (Å²) in [6.07, 6.45) is 1.88. The van der Waals surface area contributed by atoms with Crippen LogP contribution in [0, 0.1) is 6.92 Å². The maximum atomic E-state index is 5.31. The molecule has 2 aromatic rings. The van der Waals surface area contributed by atoms with Crippen molar-refractivity contribution in [3.8, 4) is 5.75 Å². The Balaban J connectivity index is 1.59. The summed E-state index contributed by atoms with van der Waals surface area (Å²) >= 11 is 0. The molecule has 0 spiro atoms. The Morgan fingerprint density at radius 1 is 1.09 bits per heavy atom. The molecule has 1 aromatic carbocycles. The Kier molecular flexibility index (Phi) is 4.59. The lowest BCUT2D eigenvalue weighted by molar-refractivity contribution is 0.246. The van der Waals surface area contributed by atoms with Crippen molar-refractivity contribution in [3.05, 3.63) is 53.9 Å². The first-order valence-corrected chi connectivity index (χ1v) is 7.78. The zero-order valence-corrected chi connectivity index (χ0v) is 13.3. The van der Waals surface area contributed by atoms with Crippen LogP contribution in [-0.4, -0.2) is 43.2 Å². The molecule has 22 heavy (non-hydrogen) atoms.